The Morgan fingerprint density at radius 1 is 1.04 bits per heavy atom. The Balaban J connectivity index is 1.50. The van der Waals surface area contributed by atoms with E-state index >= 15 is 0 Å². The highest BCUT2D eigenvalue weighted by molar-refractivity contribution is 5.71. The van der Waals surface area contributed by atoms with Crippen molar-refractivity contribution in [3.05, 3.63) is 66.2 Å². The lowest BCUT2D eigenvalue weighted by Crippen LogP contribution is -2.20. The van der Waals surface area contributed by atoms with Crippen molar-refractivity contribution < 1.29 is 4.74 Å². The Bertz CT molecular complexity index is 954. The lowest BCUT2D eigenvalue weighted by Gasteiger charge is -2.20. The SMILES string of the molecule is c1ccc(-c2nc(NCC3CCCO3)cc(N3CCc4ccccc43)n2)cc1. The van der Waals surface area contributed by atoms with Gasteiger partial charge in [0.15, 0.2) is 5.82 Å². The molecule has 0 amide bonds. The molecule has 1 fully saturated rings. The van der Waals surface area contributed by atoms with Gasteiger partial charge in [-0.2, -0.15) is 0 Å². The van der Waals surface area contributed by atoms with Gasteiger partial charge in [-0.25, -0.2) is 9.97 Å². The number of nitrogens with one attached hydrogen (secondary N) is 1. The molecule has 2 aliphatic heterocycles. The molecule has 142 valence electrons. The molecule has 0 spiro atoms. The smallest absolute Gasteiger partial charge is 0.163 e. The van der Waals surface area contributed by atoms with E-state index in [1.54, 1.807) is 0 Å². The fraction of sp³-hybridized carbons (Fsp3) is 0.304. The van der Waals surface area contributed by atoms with Crippen LogP contribution in [0.2, 0.25) is 0 Å². The standard InChI is InChI=1S/C23H24N4O/c1-2-8-18(9-3-1)23-25-21(24-16-19-10-6-14-28-19)15-22(26-23)27-13-12-17-7-4-5-11-20(17)27/h1-5,7-9,11,15,19H,6,10,12-14,16H2,(H,24,25,26). The van der Waals surface area contributed by atoms with E-state index in [0.717, 1.165) is 62.0 Å². The molecule has 0 bridgehead atoms. The molecule has 2 aliphatic rings. The van der Waals surface area contributed by atoms with Crippen molar-refractivity contribution in [3.63, 3.8) is 0 Å². The average molecular weight is 372 g/mol. The lowest BCUT2D eigenvalue weighted by molar-refractivity contribution is 0.120. The largest absolute Gasteiger partial charge is 0.376 e. The number of para-hydroxylation sites is 1. The van der Waals surface area contributed by atoms with Crippen molar-refractivity contribution in [2.45, 2.75) is 25.4 Å². The molecule has 28 heavy (non-hydrogen) atoms. The fourth-order valence-corrected chi connectivity index (χ4v) is 3.98. The van der Waals surface area contributed by atoms with Gasteiger partial charge in [0.25, 0.3) is 0 Å². The van der Waals surface area contributed by atoms with E-state index in [4.69, 9.17) is 14.7 Å². The van der Waals surface area contributed by atoms with Gasteiger partial charge in [-0.1, -0.05) is 48.5 Å². The normalized spacial score (nSPS) is 18.3. The summed E-state index contributed by atoms with van der Waals surface area (Å²) in [6.07, 6.45) is 3.56. The number of fused-ring (bicyclic) bond motifs is 1. The van der Waals surface area contributed by atoms with Crippen LogP contribution in [-0.4, -0.2) is 35.8 Å². The highest BCUT2D eigenvalue weighted by Crippen LogP contribution is 2.35. The summed E-state index contributed by atoms with van der Waals surface area (Å²) in [7, 11) is 0. The Kier molecular flexibility index (Phi) is 4.67. The van der Waals surface area contributed by atoms with Crippen LogP contribution in [0.1, 0.15) is 18.4 Å². The van der Waals surface area contributed by atoms with Crippen molar-refractivity contribution in [1.29, 1.82) is 0 Å². The monoisotopic (exact) mass is 372 g/mol. The maximum absolute atomic E-state index is 5.75. The third-order valence-corrected chi connectivity index (χ3v) is 5.44. The molecule has 5 rings (SSSR count). The summed E-state index contributed by atoms with van der Waals surface area (Å²) in [5.41, 5.74) is 3.64. The number of nitrogens with zero attached hydrogens (tertiary/aromatic N) is 3. The highest BCUT2D eigenvalue weighted by Gasteiger charge is 2.23. The third-order valence-electron chi connectivity index (χ3n) is 5.44. The third kappa shape index (κ3) is 3.45. The van der Waals surface area contributed by atoms with Gasteiger partial charge in [0, 0.05) is 37.0 Å². The van der Waals surface area contributed by atoms with Gasteiger partial charge in [-0.15, -0.1) is 0 Å². The van der Waals surface area contributed by atoms with Crippen molar-refractivity contribution in [2.75, 3.05) is 29.9 Å². The number of aromatic nitrogens is 2. The van der Waals surface area contributed by atoms with Gasteiger partial charge in [-0.05, 0) is 30.9 Å². The maximum Gasteiger partial charge on any atom is 0.163 e. The lowest BCUT2D eigenvalue weighted by atomic mass is 10.2. The van der Waals surface area contributed by atoms with E-state index in [1.165, 1.54) is 11.3 Å². The van der Waals surface area contributed by atoms with Crippen molar-refractivity contribution >= 4 is 17.3 Å². The van der Waals surface area contributed by atoms with Crippen LogP contribution in [0.3, 0.4) is 0 Å². The van der Waals surface area contributed by atoms with Gasteiger partial charge in [-0.3, -0.25) is 0 Å². The summed E-state index contributed by atoms with van der Waals surface area (Å²) in [4.78, 5) is 12.0. The summed E-state index contributed by atoms with van der Waals surface area (Å²) in [5.74, 6) is 2.54. The Morgan fingerprint density at radius 3 is 2.75 bits per heavy atom. The molecule has 0 saturated carbocycles. The van der Waals surface area contributed by atoms with Gasteiger partial charge in [0.1, 0.15) is 11.6 Å². The first-order valence-corrected chi connectivity index (χ1v) is 10.0. The molecule has 3 aromatic rings. The summed E-state index contributed by atoms with van der Waals surface area (Å²) < 4.78 is 5.75. The second-order valence-electron chi connectivity index (χ2n) is 7.35. The van der Waals surface area contributed by atoms with Crippen LogP contribution in [0.25, 0.3) is 11.4 Å². The first-order chi connectivity index (χ1) is 13.9. The molecule has 1 saturated heterocycles. The summed E-state index contributed by atoms with van der Waals surface area (Å²) in [6.45, 7) is 2.58. The second-order valence-corrected chi connectivity index (χ2v) is 7.35. The molecule has 0 aliphatic carbocycles. The van der Waals surface area contributed by atoms with Crippen molar-refractivity contribution in [3.8, 4) is 11.4 Å². The number of rotatable bonds is 5. The van der Waals surface area contributed by atoms with Crippen LogP contribution >= 0.6 is 0 Å². The van der Waals surface area contributed by atoms with E-state index in [9.17, 15) is 0 Å². The van der Waals surface area contributed by atoms with Crippen LogP contribution in [-0.2, 0) is 11.2 Å². The molecule has 1 atom stereocenters. The number of hydrogen-bond acceptors (Lipinski definition) is 5. The van der Waals surface area contributed by atoms with Crippen LogP contribution in [0.5, 0.6) is 0 Å². The van der Waals surface area contributed by atoms with Gasteiger partial charge in [0.2, 0.25) is 0 Å². The predicted octanol–water partition coefficient (Wildman–Crippen LogP) is 4.43. The number of ether oxygens (including phenoxy) is 1. The minimum Gasteiger partial charge on any atom is -0.376 e. The summed E-state index contributed by atoms with van der Waals surface area (Å²) in [6, 6.07) is 20.8. The van der Waals surface area contributed by atoms with E-state index < -0.39 is 0 Å². The second kappa shape index (κ2) is 7.60. The van der Waals surface area contributed by atoms with E-state index in [-0.39, 0.29) is 6.10 Å². The van der Waals surface area contributed by atoms with E-state index in [2.05, 4.69) is 52.7 Å². The zero-order valence-corrected chi connectivity index (χ0v) is 15.8. The van der Waals surface area contributed by atoms with E-state index in [1.807, 2.05) is 18.2 Å². The molecule has 1 unspecified atom stereocenters. The predicted molar refractivity (Wildman–Crippen MR) is 112 cm³/mol. The molecule has 1 N–H and O–H groups in total. The fourth-order valence-electron chi connectivity index (χ4n) is 3.98. The first kappa shape index (κ1) is 17.2. The molecular weight excluding hydrogens is 348 g/mol. The van der Waals surface area contributed by atoms with Gasteiger partial charge >= 0.3 is 0 Å². The molecule has 0 radical (unpaired) electrons. The van der Waals surface area contributed by atoms with Crippen molar-refractivity contribution in [1.82, 2.24) is 9.97 Å². The highest BCUT2D eigenvalue weighted by atomic mass is 16.5. The van der Waals surface area contributed by atoms with E-state index in [0.29, 0.717) is 0 Å². The molecule has 2 aromatic carbocycles. The Labute approximate surface area is 165 Å². The maximum atomic E-state index is 5.75. The minimum atomic E-state index is 0.270. The Hall–Kier alpha value is -2.92. The number of benzene rings is 2. The van der Waals surface area contributed by atoms with Crippen molar-refractivity contribution in [2.24, 2.45) is 0 Å². The molecule has 3 heterocycles. The molecule has 1 aromatic heterocycles. The zero-order valence-electron chi connectivity index (χ0n) is 15.8. The van der Waals surface area contributed by atoms with Gasteiger partial charge < -0.3 is 15.0 Å². The number of anilines is 3. The quantitative estimate of drug-likeness (QED) is 0.718. The molecular formula is C23H24N4O. The van der Waals surface area contributed by atoms with Crippen LogP contribution in [0, 0.1) is 0 Å². The molecule has 5 heteroatoms. The van der Waals surface area contributed by atoms with Crippen LogP contribution < -0.4 is 10.2 Å². The van der Waals surface area contributed by atoms with Crippen LogP contribution in [0.15, 0.2) is 60.7 Å². The molecule has 5 nitrogen and oxygen atoms in total. The Morgan fingerprint density at radius 2 is 1.89 bits per heavy atom. The minimum absolute atomic E-state index is 0.270. The van der Waals surface area contributed by atoms with Gasteiger partial charge in [0.05, 0.1) is 6.10 Å². The zero-order chi connectivity index (χ0) is 18.8. The summed E-state index contributed by atoms with van der Waals surface area (Å²) in [5, 5.41) is 3.48. The van der Waals surface area contributed by atoms with Crippen LogP contribution in [0.4, 0.5) is 17.3 Å². The first-order valence-electron chi connectivity index (χ1n) is 10.0. The average Bonchev–Trinajstić information content (AvgIpc) is 3.42. The summed E-state index contributed by atoms with van der Waals surface area (Å²) >= 11 is 0. The number of hydrogen-bond donors (Lipinski definition) is 1. The topological polar surface area (TPSA) is 50.3 Å².